The third-order valence-corrected chi connectivity index (χ3v) is 6.11. The highest BCUT2D eigenvalue weighted by Crippen LogP contribution is 2.28. The van der Waals surface area contributed by atoms with Crippen molar-refractivity contribution in [3.8, 4) is 5.75 Å². The summed E-state index contributed by atoms with van der Waals surface area (Å²) in [6.07, 6.45) is 0.812. The molecule has 1 fully saturated rings. The van der Waals surface area contributed by atoms with Crippen molar-refractivity contribution in [1.82, 2.24) is 24.7 Å². The zero-order valence-corrected chi connectivity index (χ0v) is 19.2. The molecule has 182 valence electrons. The van der Waals surface area contributed by atoms with Crippen LogP contribution in [0.25, 0.3) is 0 Å². The Labute approximate surface area is 201 Å². The van der Waals surface area contributed by atoms with Crippen molar-refractivity contribution in [1.29, 1.82) is 0 Å². The van der Waals surface area contributed by atoms with Crippen LogP contribution in [0.2, 0.25) is 0 Å². The van der Waals surface area contributed by atoms with Crippen LogP contribution < -0.4 is 10.9 Å². The van der Waals surface area contributed by atoms with Crippen LogP contribution in [0.5, 0.6) is 5.75 Å². The first-order valence-electron chi connectivity index (χ1n) is 11.2. The third-order valence-electron chi connectivity index (χ3n) is 6.11. The van der Waals surface area contributed by atoms with Crippen molar-refractivity contribution in [3.63, 3.8) is 0 Å². The highest BCUT2D eigenvalue weighted by molar-refractivity contribution is 5.94. The number of aromatic nitrogens is 2. The number of carbonyl (C=O) groups is 2. The quantitative estimate of drug-likeness (QED) is 0.497. The fraction of sp³-hybridized carbons (Fsp3) is 0.280. The molecule has 4 rings (SSSR count). The second-order valence-corrected chi connectivity index (χ2v) is 8.33. The zero-order chi connectivity index (χ0) is 24.9. The monoisotopic (exact) mass is 479 g/mol. The maximum atomic E-state index is 13.1. The number of benzene rings is 2. The van der Waals surface area contributed by atoms with Gasteiger partial charge in [-0.3, -0.25) is 23.9 Å². The van der Waals surface area contributed by atoms with Gasteiger partial charge in [0, 0.05) is 39.8 Å². The van der Waals surface area contributed by atoms with Crippen molar-refractivity contribution >= 4 is 12.3 Å². The van der Waals surface area contributed by atoms with Crippen molar-refractivity contribution in [2.45, 2.75) is 12.6 Å². The molecule has 1 aliphatic rings. The van der Waals surface area contributed by atoms with E-state index < -0.39 is 29.1 Å². The Hall–Kier alpha value is -4.05. The lowest BCUT2D eigenvalue weighted by atomic mass is 10.0. The predicted octanol–water partition coefficient (Wildman–Crippen LogP) is 1.42. The van der Waals surface area contributed by atoms with E-state index in [1.54, 1.807) is 4.90 Å². The Morgan fingerprint density at radius 2 is 1.77 bits per heavy atom. The Bertz CT molecular complexity index is 1260. The molecule has 2 aromatic carbocycles. The number of hydrogen-bond donors (Lipinski definition) is 2. The summed E-state index contributed by atoms with van der Waals surface area (Å²) in [6, 6.07) is 14.6. The maximum Gasteiger partial charge on any atom is 0.296 e. The van der Waals surface area contributed by atoms with E-state index in [2.05, 4.69) is 15.2 Å². The second kappa shape index (κ2) is 10.5. The van der Waals surface area contributed by atoms with E-state index >= 15 is 0 Å². The Balaban J connectivity index is 1.69. The molecule has 1 aromatic heterocycles. The molecule has 0 bridgehead atoms. The molecule has 1 aliphatic heterocycles. The average molecular weight is 480 g/mol. The summed E-state index contributed by atoms with van der Waals surface area (Å²) in [4.78, 5) is 45.3. The van der Waals surface area contributed by atoms with E-state index in [1.165, 1.54) is 35.9 Å². The molecule has 0 spiro atoms. The van der Waals surface area contributed by atoms with E-state index in [4.69, 9.17) is 0 Å². The fourth-order valence-corrected chi connectivity index (χ4v) is 4.14. The maximum absolute atomic E-state index is 13.1. The van der Waals surface area contributed by atoms with Gasteiger partial charge >= 0.3 is 0 Å². The number of nitrogens with zero attached hydrogens (tertiary/aromatic N) is 4. The summed E-state index contributed by atoms with van der Waals surface area (Å²) in [7, 11) is 1.50. The molecular formula is C25H26FN5O4. The highest BCUT2D eigenvalue weighted by Gasteiger charge is 2.31. The van der Waals surface area contributed by atoms with Gasteiger partial charge in [-0.05, 0) is 23.3 Å². The first-order valence-corrected chi connectivity index (χ1v) is 11.2. The summed E-state index contributed by atoms with van der Waals surface area (Å²) in [5, 5.41) is 13.1. The van der Waals surface area contributed by atoms with Gasteiger partial charge in [-0.15, -0.1) is 0 Å². The number of amides is 2. The molecule has 10 heteroatoms. The van der Waals surface area contributed by atoms with Gasteiger partial charge in [0.2, 0.25) is 12.2 Å². The molecule has 2 heterocycles. The summed E-state index contributed by atoms with van der Waals surface area (Å²) in [5.41, 5.74) is 0.392. The number of nitrogens with one attached hydrogen (secondary N) is 1. The zero-order valence-electron chi connectivity index (χ0n) is 19.2. The molecule has 2 amide bonds. The van der Waals surface area contributed by atoms with E-state index in [1.807, 2.05) is 30.3 Å². The van der Waals surface area contributed by atoms with Crippen molar-refractivity contribution in [3.05, 3.63) is 93.4 Å². The van der Waals surface area contributed by atoms with Crippen LogP contribution in [0.1, 0.15) is 33.5 Å². The largest absolute Gasteiger partial charge is 0.501 e. The SMILES string of the molecule is Cn1c(C(c2ccccc2)N2CCN(C=O)CC2)nc(C(=O)NCc2ccc(F)cc2)c(O)c1=O. The van der Waals surface area contributed by atoms with E-state index in [-0.39, 0.29) is 12.2 Å². The van der Waals surface area contributed by atoms with Gasteiger partial charge in [-0.25, -0.2) is 9.37 Å². The van der Waals surface area contributed by atoms with E-state index in [0.717, 1.165) is 12.0 Å². The number of carbonyl (C=O) groups excluding carboxylic acids is 2. The molecule has 0 radical (unpaired) electrons. The van der Waals surface area contributed by atoms with Gasteiger partial charge in [-0.1, -0.05) is 42.5 Å². The van der Waals surface area contributed by atoms with Gasteiger partial charge in [0.25, 0.3) is 11.5 Å². The lowest BCUT2D eigenvalue weighted by molar-refractivity contribution is -0.119. The Morgan fingerprint density at radius 1 is 1.11 bits per heavy atom. The summed E-state index contributed by atoms with van der Waals surface area (Å²) >= 11 is 0. The molecule has 1 saturated heterocycles. The minimum atomic E-state index is -0.745. The van der Waals surface area contributed by atoms with Gasteiger partial charge in [0.15, 0.2) is 5.69 Å². The second-order valence-electron chi connectivity index (χ2n) is 8.33. The minimum Gasteiger partial charge on any atom is -0.501 e. The smallest absolute Gasteiger partial charge is 0.296 e. The Kier molecular flexibility index (Phi) is 7.21. The molecular weight excluding hydrogens is 453 g/mol. The summed E-state index contributed by atoms with van der Waals surface area (Å²) in [5.74, 6) is -1.56. The van der Waals surface area contributed by atoms with Crippen molar-refractivity contribution in [2.24, 2.45) is 7.05 Å². The van der Waals surface area contributed by atoms with Crippen LogP contribution in [-0.2, 0) is 18.4 Å². The number of hydrogen-bond acceptors (Lipinski definition) is 6. The number of aromatic hydroxyl groups is 1. The van der Waals surface area contributed by atoms with Crippen LogP contribution in [0, 0.1) is 5.82 Å². The fourth-order valence-electron chi connectivity index (χ4n) is 4.14. The van der Waals surface area contributed by atoms with Gasteiger partial charge < -0.3 is 15.3 Å². The summed E-state index contributed by atoms with van der Waals surface area (Å²) < 4.78 is 14.4. The molecule has 1 atom stereocenters. The van der Waals surface area contributed by atoms with Crippen molar-refractivity contribution in [2.75, 3.05) is 26.2 Å². The number of rotatable bonds is 7. The van der Waals surface area contributed by atoms with Crippen LogP contribution in [0.15, 0.2) is 59.4 Å². The minimum absolute atomic E-state index is 0.0700. The van der Waals surface area contributed by atoms with Crippen LogP contribution in [0.4, 0.5) is 4.39 Å². The molecule has 2 N–H and O–H groups in total. The van der Waals surface area contributed by atoms with Crippen LogP contribution in [0.3, 0.4) is 0 Å². The number of halogens is 1. The molecule has 0 saturated carbocycles. The van der Waals surface area contributed by atoms with E-state index in [0.29, 0.717) is 37.6 Å². The lowest BCUT2D eigenvalue weighted by Gasteiger charge is -2.38. The molecule has 9 nitrogen and oxygen atoms in total. The topological polar surface area (TPSA) is 108 Å². The number of piperazine rings is 1. The van der Waals surface area contributed by atoms with Crippen LogP contribution in [-0.4, -0.2) is 63.0 Å². The molecule has 3 aromatic rings. The third kappa shape index (κ3) is 5.22. The highest BCUT2D eigenvalue weighted by atomic mass is 19.1. The predicted molar refractivity (Wildman–Crippen MR) is 126 cm³/mol. The first kappa shape index (κ1) is 24.1. The van der Waals surface area contributed by atoms with Crippen molar-refractivity contribution < 1.29 is 19.1 Å². The average Bonchev–Trinajstić information content (AvgIpc) is 2.89. The van der Waals surface area contributed by atoms with Gasteiger partial charge in [0.05, 0.1) is 6.04 Å². The van der Waals surface area contributed by atoms with E-state index in [9.17, 15) is 23.9 Å². The van der Waals surface area contributed by atoms with Gasteiger partial charge in [0.1, 0.15) is 11.6 Å². The Morgan fingerprint density at radius 3 is 2.40 bits per heavy atom. The normalized spacial score (nSPS) is 15.0. The van der Waals surface area contributed by atoms with Crippen LogP contribution >= 0.6 is 0 Å². The molecule has 1 unspecified atom stereocenters. The lowest BCUT2D eigenvalue weighted by Crippen LogP contribution is -2.48. The first-order chi connectivity index (χ1) is 16.9. The summed E-state index contributed by atoms with van der Waals surface area (Å²) in [6.45, 7) is 2.19. The molecule has 35 heavy (non-hydrogen) atoms. The van der Waals surface area contributed by atoms with Gasteiger partial charge in [-0.2, -0.15) is 0 Å². The standard InChI is InChI=1S/C25H26FN5O4/c1-29-23(21(18-5-3-2-4-6-18)31-13-11-30(16-32)12-14-31)28-20(22(33)25(29)35)24(34)27-15-17-7-9-19(26)10-8-17/h2-10,16,21,33H,11-15H2,1H3,(H,27,34). The molecule has 0 aliphatic carbocycles.